The molecule has 4 heterocycles. The molecule has 6 bridgehead atoms. The lowest BCUT2D eigenvalue weighted by atomic mass is 9.88. The van der Waals surface area contributed by atoms with Gasteiger partial charge in [-0.15, -0.1) is 0 Å². The van der Waals surface area contributed by atoms with Crippen LogP contribution in [0.5, 0.6) is 0 Å². The van der Waals surface area contributed by atoms with Gasteiger partial charge >= 0.3 is 97.9 Å². The summed E-state index contributed by atoms with van der Waals surface area (Å²) in [5.74, 6) is 0.0980. The lowest BCUT2D eigenvalue weighted by molar-refractivity contribution is -0.147. The standard InChI is InChI=1S/C51H112N2O19Si10.C26H48O8.C16H32N2O4/c1-20-51(39-58-49(55)52-17,40-59-50(56)53-28-25-23-21-22-24-27-48(16)54)38-57-29-26-30-75(18,19)63-82(60-73-31-41(2)3)71-80(36-46(12)13)66-76(32-42(4)5)61-74-62-77(33-43(6)7)65-78(64-76,34-44(8)9)68-79(69-80,35-45(10)11)70-81(67-77,72-82)37-47(14)15;1-3-4-5-6-7-10-15-24(27)32-19-14-9-12-17-26(29)34-23-21-31-20-22-33-25(28)16-11-8-13-18-30-2;1-15(19)17-10-8-6-4-5-7-9-16(20)22-14-12-18(2)11-13-21-3/h41-47H,20-40,73-74H2,1-19H3,(H,52,55)(H,53,56);3-23H2,1-2H3;4-14H2,1-3H3,(H,17,19). The Morgan fingerprint density at radius 2 is 0.768 bits per heavy atom. The highest BCUT2D eigenvalue weighted by Crippen LogP contribution is 2.52. The fourth-order valence-corrected chi connectivity index (χ4v) is 67.1. The van der Waals surface area contributed by atoms with Gasteiger partial charge in [-0.25, -0.2) is 9.59 Å². The minimum Gasteiger partial charge on any atom is -0.466 e. The smallest absolute Gasteiger partial charge is 0.466 e. The first-order valence-electron chi connectivity index (χ1n) is 52.2. The van der Waals surface area contributed by atoms with E-state index < -0.39 is 108 Å². The second-order valence-corrected chi connectivity index (χ2v) is 69.4. The fourth-order valence-electron chi connectivity index (χ4n) is 15.7. The lowest BCUT2D eigenvalue weighted by Crippen LogP contribution is -2.84. The predicted molar refractivity (Wildman–Crippen MR) is 555 cm³/mol. The first-order chi connectivity index (χ1) is 65.4. The molecule has 0 aliphatic carbocycles. The van der Waals surface area contributed by atoms with Crippen molar-refractivity contribution in [1.29, 1.82) is 0 Å². The SMILES string of the molecule is CCC(COCCC[Si](C)(C)O[Si]1(O[SiH2]CC(C)C)O[Si]2(CC(C)C)O[Si]3(CC(C)C)O[SiH2]O[Si]4(CC(C)C)O[Si](CC(C)C)(O3)O[Si](CC(C)C)(O2)O[Si](CC(C)C)(O4)O1)(COC(=O)NC)COC(=O)NCCCCCCCC(C)=O.CCCCCCCCC(=O)OCCCCCC(=O)OCCOCCOC(=O)CCCCCOC.COCCN(C)CCOC(=O)CCCCCCCNC(C)=O. The third-order valence-corrected chi connectivity index (χ3v) is 65.3. The molecule has 0 aromatic carbocycles. The summed E-state index contributed by atoms with van der Waals surface area (Å²) in [7, 11) is -28.4. The monoisotopic (exact) mass is 2140 g/mol. The number of likely N-dealkylation sites (N-methyl/N-ethyl adjacent to an activating group) is 1. The molecule has 0 aromatic heterocycles. The van der Waals surface area contributed by atoms with Gasteiger partial charge in [0.15, 0.2) is 18.1 Å². The summed E-state index contributed by atoms with van der Waals surface area (Å²) in [6, 6.07) is 3.86. The van der Waals surface area contributed by atoms with Gasteiger partial charge < -0.3 is 127 Å². The van der Waals surface area contributed by atoms with Crippen molar-refractivity contribution in [2.45, 2.75) is 372 Å². The van der Waals surface area contributed by atoms with Crippen molar-refractivity contribution in [3.8, 4) is 0 Å². The zero-order chi connectivity index (χ0) is 103. The molecule has 3 N–H and O–H groups in total. The number of nitrogens with one attached hydrogen (secondary N) is 3. The van der Waals surface area contributed by atoms with Gasteiger partial charge in [0.25, 0.3) is 10.0 Å². The predicted octanol–water partition coefficient (Wildman–Crippen LogP) is 17.2. The Morgan fingerprint density at radius 1 is 0.391 bits per heavy atom. The topological polar surface area (TPSA) is 388 Å². The normalized spacial score (nSPS) is 22.1. The number of hydrogen-bond acceptors (Lipinski definition) is 32. The molecule has 4 rings (SSSR count). The van der Waals surface area contributed by atoms with Crippen LogP contribution in [0, 0.1) is 46.8 Å². The van der Waals surface area contributed by atoms with E-state index in [2.05, 4.69) is 138 Å². The van der Waals surface area contributed by atoms with E-state index >= 15 is 0 Å². The molecule has 3 amide bonds. The number of fused-ring (bicyclic) bond motifs is 4. The number of nitrogens with zero attached hydrogens (tertiary/aromatic N) is 1. The van der Waals surface area contributed by atoms with Gasteiger partial charge in [-0.1, -0.05) is 188 Å². The number of hydrogen-bond donors (Lipinski definition) is 3. The summed E-state index contributed by atoms with van der Waals surface area (Å²) < 4.78 is 154. The first-order valence-corrected chi connectivity index (χ1v) is 71.3. The van der Waals surface area contributed by atoms with Crippen LogP contribution in [0.4, 0.5) is 9.59 Å². The zero-order valence-corrected chi connectivity index (χ0v) is 101. The number of Topliss-reactive ketones (excluding diaryl/α,β-unsaturated/α-hetero) is 1. The second kappa shape index (κ2) is 73.2. The van der Waals surface area contributed by atoms with Gasteiger partial charge in [-0.2, -0.15) is 0 Å². The molecule has 138 heavy (non-hydrogen) atoms. The van der Waals surface area contributed by atoms with E-state index in [0.717, 1.165) is 135 Å². The maximum Gasteiger partial charge on any atom is 0.642 e. The van der Waals surface area contributed by atoms with Crippen molar-refractivity contribution >= 4 is 138 Å². The summed E-state index contributed by atoms with van der Waals surface area (Å²) in [5.41, 5.74) is -0.820. The van der Waals surface area contributed by atoms with Crippen LogP contribution in [0.2, 0.25) is 61.4 Å². The Balaban J connectivity index is 0.000000934. The quantitative estimate of drug-likeness (QED) is 0.0220. The van der Waals surface area contributed by atoms with Gasteiger partial charge in [0.1, 0.15) is 38.8 Å². The van der Waals surface area contributed by atoms with Crippen LogP contribution in [0.15, 0.2) is 0 Å². The molecule has 5 unspecified atom stereocenters. The van der Waals surface area contributed by atoms with Gasteiger partial charge in [0.05, 0.1) is 38.4 Å². The van der Waals surface area contributed by atoms with Gasteiger partial charge in [-0.3, -0.25) is 24.0 Å². The largest absolute Gasteiger partial charge is 0.642 e. The van der Waals surface area contributed by atoms with Crippen LogP contribution in [0.25, 0.3) is 0 Å². The molecule has 4 aliphatic rings. The Hall–Kier alpha value is -2.99. The second-order valence-electron chi connectivity index (χ2n) is 40.9. The van der Waals surface area contributed by atoms with Crippen molar-refractivity contribution in [3.63, 3.8) is 0 Å². The molecule has 0 spiro atoms. The van der Waals surface area contributed by atoms with E-state index in [1.165, 1.54) is 39.7 Å². The van der Waals surface area contributed by atoms with E-state index in [4.69, 9.17) is 101 Å². The molecule has 0 saturated carbocycles. The number of carbonyl (C=O) groups excluding carboxylic acids is 8. The minimum absolute atomic E-state index is 0.00499. The molecule has 4 aliphatic heterocycles. The van der Waals surface area contributed by atoms with Gasteiger partial charge in [0, 0.05) is 136 Å². The van der Waals surface area contributed by atoms with Crippen LogP contribution >= 0.6 is 0 Å². The maximum atomic E-state index is 13.0. The summed E-state index contributed by atoms with van der Waals surface area (Å²) in [5, 5.41) is 8.15. The molecule has 4 saturated heterocycles. The van der Waals surface area contributed by atoms with Crippen molar-refractivity contribution in [2.75, 3.05) is 134 Å². The average Bonchev–Trinajstić information content (AvgIpc) is 0.699. The van der Waals surface area contributed by atoms with Crippen LogP contribution in [0.3, 0.4) is 0 Å². The van der Waals surface area contributed by atoms with E-state index in [1.807, 2.05) is 14.0 Å². The summed E-state index contributed by atoms with van der Waals surface area (Å²) in [6.07, 6.45) is 23.8. The number of methoxy groups -OCH3 is 2. The maximum absolute atomic E-state index is 13.0. The summed E-state index contributed by atoms with van der Waals surface area (Å²) in [4.78, 5) is 95.8. The molecule has 5 atom stereocenters. The lowest BCUT2D eigenvalue weighted by Gasteiger charge is -2.60. The third-order valence-electron chi connectivity index (χ3n) is 22.6. The number of alkyl carbamates (subject to hydrolysis) is 2. The summed E-state index contributed by atoms with van der Waals surface area (Å²) >= 11 is 0. The molecule has 810 valence electrons. The highest BCUT2D eigenvalue weighted by Gasteiger charge is 2.80. The fraction of sp³-hybridized carbons (Fsp3) is 0.914. The Labute approximate surface area is 845 Å². The number of unbranched alkanes of at least 4 members (excludes halogenated alkanes) is 17. The van der Waals surface area contributed by atoms with Crippen LogP contribution in [-0.4, -0.2) is 276 Å². The van der Waals surface area contributed by atoms with Gasteiger partial charge in [0.2, 0.25) is 5.91 Å². The number of esters is 4. The number of amides is 3. The van der Waals surface area contributed by atoms with Crippen LogP contribution in [-0.2, 0) is 130 Å². The van der Waals surface area contributed by atoms with E-state index in [-0.39, 0.29) is 117 Å². The van der Waals surface area contributed by atoms with E-state index in [9.17, 15) is 38.4 Å². The molecule has 45 heteroatoms. The van der Waals surface area contributed by atoms with E-state index in [0.29, 0.717) is 139 Å². The van der Waals surface area contributed by atoms with Crippen molar-refractivity contribution < 1.29 is 139 Å². The van der Waals surface area contributed by atoms with Gasteiger partial charge in [-0.05, 0) is 158 Å². The number of ether oxygens (including phenoxy) is 10. The van der Waals surface area contributed by atoms with Crippen molar-refractivity contribution in [1.82, 2.24) is 20.9 Å². The Morgan fingerprint density at radius 3 is 1.19 bits per heavy atom. The third kappa shape index (κ3) is 61.0. The Bertz CT molecular complexity index is 3250. The number of carbonyl (C=O) groups is 8. The molecular formula is C93H192N4O31Si10. The summed E-state index contributed by atoms with van der Waals surface area (Å²) in [6.45, 7) is 48.1. The van der Waals surface area contributed by atoms with Crippen LogP contribution < -0.4 is 16.0 Å². The highest BCUT2D eigenvalue weighted by atomic mass is 28.6. The average molecular weight is 2140 g/mol. The number of ketones is 1. The molecular weight excluding hydrogens is 1950 g/mol. The molecule has 0 radical (unpaired) electrons. The first kappa shape index (κ1) is 131. The zero-order valence-electron chi connectivity index (χ0n) is 90.0. The molecule has 4 fully saturated rings. The van der Waals surface area contributed by atoms with Crippen molar-refractivity contribution in [3.05, 3.63) is 0 Å². The molecule has 35 nitrogen and oxygen atoms in total. The van der Waals surface area contributed by atoms with Crippen LogP contribution in [0.1, 0.15) is 311 Å². The van der Waals surface area contributed by atoms with Crippen molar-refractivity contribution in [2.24, 2.45) is 46.8 Å². The minimum atomic E-state index is -4.54. The molecule has 0 aromatic rings. The number of rotatable bonds is 76. The highest BCUT2D eigenvalue weighted by molar-refractivity contribution is 7.00. The van der Waals surface area contributed by atoms with E-state index in [1.54, 1.807) is 21.1 Å². The Kier molecular flexibility index (Phi) is 69.5.